The second-order valence-corrected chi connectivity index (χ2v) is 6.55. The molecule has 0 N–H and O–H groups in total. The van der Waals surface area contributed by atoms with Crippen LogP contribution in [-0.2, 0) is 0 Å². The Morgan fingerprint density at radius 3 is 2.64 bits per heavy atom. The number of rotatable bonds is 3. The van der Waals surface area contributed by atoms with Crippen molar-refractivity contribution in [2.75, 3.05) is 13.1 Å². The number of aromatic nitrogens is 3. The van der Waals surface area contributed by atoms with Gasteiger partial charge in [0.15, 0.2) is 5.69 Å². The quantitative estimate of drug-likeness (QED) is 0.724. The van der Waals surface area contributed by atoms with E-state index in [0.29, 0.717) is 18.8 Å². The Balaban J connectivity index is 1.49. The summed E-state index contributed by atoms with van der Waals surface area (Å²) >= 11 is 6.29. The molecule has 2 heterocycles. The molecule has 6 heteroatoms. The van der Waals surface area contributed by atoms with Crippen molar-refractivity contribution in [2.24, 2.45) is 0 Å². The molecule has 1 amide bonds. The van der Waals surface area contributed by atoms with Crippen LogP contribution >= 0.6 is 11.6 Å². The monoisotopic (exact) mass is 352 g/mol. The number of hydrogen-bond acceptors (Lipinski definition) is 3. The summed E-state index contributed by atoms with van der Waals surface area (Å²) in [6.07, 6.45) is 2.59. The highest BCUT2D eigenvalue weighted by atomic mass is 35.5. The van der Waals surface area contributed by atoms with Crippen molar-refractivity contribution in [3.05, 3.63) is 77.1 Å². The van der Waals surface area contributed by atoms with E-state index in [0.717, 1.165) is 22.7 Å². The van der Waals surface area contributed by atoms with Crippen molar-refractivity contribution in [3.8, 4) is 5.69 Å². The van der Waals surface area contributed by atoms with E-state index in [1.54, 1.807) is 10.9 Å². The Morgan fingerprint density at radius 2 is 1.84 bits per heavy atom. The number of hydrogen-bond donors (Lipinski definition) is 0. The molecule has 0 bridgehead atoms. The second kappa shape index (κ2) is 6.69. The van der Waals surface area contributed by atoms with Crippen molar-refractivity contribution >= 4 is 17.5 Å². The van der Waals surface area contributed by atoms with Gasteiger partial charge in [0, 0.05) is 24.0 Å². The standard InChI is InChI=1S/C19H17ClN4O/c20-17-9-5-4-8-16(17)14-10-11-23(12-14)19(25)18-13-24(22-21-18)15-6-2-1-3-7-15/h1-9,13-14H,10-12H2/t14-/m1/s1. The molecule has 0 radical (unpaired) electrons. The van der Waals surface area contributed by atoms with Crippen molar-refractivity contribution in [1.29, 1.82) is 0 Å². The zero-order valence-electron chi connectivity index (χ0n) is 13.5. The summed E-state index contributed by atoms with van der Waals surface area (Å²) in [4.78, 5) is 14.6. The van der Waals surface area contributed by atoms with E-state index in [-0.39, 0.29) is 11.8 Å². The summed E-state index contributed by atoms with van der Waals surface area (Å²) in [5, 5.41) is 8.88. The molecule has 2 aromatic carbocycles. The molecule has 1 saturated heterocycles. The fourth-order valence-corrected chi connectivity index (χ4v) is 3.53. The molecule has 0 unspecified atom stereocenters. The van der Waals surface area contributed by atoms with Gasteiger partial charge in [-0.2, -0.15) is 0 Å². The summed E-state index contributed by atoms with van der Waals surface area (Å²) in [5.74, 6) is 0.179. The van der Waals surface area contributed by atoms with Crippen molar-refractivity contribution < 1.29 is 4.79 Å². The second-order valence-electron chi connectivity index (χ2n) is 6.14. The van der Waals surface area contributed by atoms with Gasteiger partial charge in [0.25, 0.3) is 5.91 Å². The lowest BCUT2D eigenvalue weighted by molar-refractivity contribution is 0.0785. The molecule has 0 spiro atoms. The Morgan fingerprint density at radius 1 is 1.08 bits per heavy atom. The molecule has 0 saturated carbocycles. The average molecular weight is 353 g/mol. The lowest BCUT2D eigenvalue weighted by atomic mass is 9.98. The first-order valence-electron chi connectivity index (χ1n) is 8.24. The summed E-state index contributed by atoms with van der Waals surface area (Å²) < 4.78 is 1.62. The smallest absolute Gasteiger partial charge is 0.276 e. The number of likely N-dealkylation sites (tertiary alicyclic amines) is 1. The third-order valence-corrected chi connectivity index (χ3v) is 4.90. The van der Waals surface area contributed by atoms with Crippen LogP contribution < -0.4 is 0 Å². The highest BCUT2D eigenvalue weighted by Crippen LogP contribution is 2.32. The minimum atomic E-state index is -0.0864. The third-order valence-electron chi connectivity index (χ3n) is 4.55. The van der Waals surface area contributed by atoms with Crippen molar-refractivity contribution in [2.45, 2.75) is 12.3 Å². The van der Waals surface area contributed by atoms with Crippen LogP contribution in [0.4, 0.5) is 0 Å². The Labute approximate surface area is 150 Å². The maximum atomic E-state index is 12.7. The van der Waals surface area contributed by atoms with Gasteiger partial charge in [-0.15, -0.1) is 5.10 Å². The van der Waals surface area contributed by atoms with Gasteiger partial charge < -0.3 is 4.90 Å². The van der Waals surface area contributed by atoms with Gasteiger partial charge in [-0.25, -0.2) is 4.68 Å². The number of benzene rings is 2. The van der Waals surface area contributed by atoms with Gasteiger partial charge in [0.05, 0.1) is 11.9 Å². The number of carbonyl (C=O) groups excluding carboxylic acids is 1. The molecule has 3 aromatic rings. The van der Waals surface area contributed by atoms with E-state index in [2.05, 4.69) is 10.3 Å². The van der Waals surface area contributed by atoms with E-state index >= 15 is 0 Å². The summed E-state index contributed by atoms with van der Waals surface area (Å²) in [6.45, 7) is 1.35. The SMILES string of the molecule is O=C(c1cn(-c2ccccc2)nn1)N1CC[C@@H](c2ccccc2Cl)C1. The van der Waals surface area contributed by atoms with Crippen LogP contribution in [0, 0.1) is 0 Å². The zero-order chi connectivity index (χ0) is 17.2. The molecule has 25 heavy (non-hydrogen) atoms. The van der Waals surface area contributed by atoms with Crippen LogP contribution in [0.2, 0.25) is 5.02 Å². The summed E-state index contributed by atoms with van der Waals surface area (Å²) in [7, 11) is 0. The van der Waals surface area contributed by atoms with Gasteiger partial charge in [-0.3, -0.25) is 4.79 Å². The van der Waals surface area contributed by atoms with Crippen LogP contribution in [-0.4, -0.2) is 38.9 Å². The molecular weight excluding hydrogens is 336 g/mol. The number of halogens is 1. The molecular formula is C19H17ClN4O. The Hall–Kier alpha value is -2.66. The number of nitrogens with zero attached hydrogens (tertiary/aromatic N) is 4. The highest BCUT2D eigenvalue weighted by Gasteiger charge is 2.30. The number of carbonyl (C=O) groups is 1. The van der Waals surface area contributed by atoms with E-state index < -0.39 is 0 Å². The fraction of sp³-hybridized carbons (Fsp3) is 0.211. The molecule has 1 fully saturated rings. The topological polar surface area (TPSA) is 51.0 Å². The first-order chi connectivity index (χ1) is 12.2. The minimum Gasteiger partial charge on any atom is -0.337 e. The van der Waals surface area contributed by atoms with Crippen molar-refractivity contribution in [1.82, 2.24) is 19.9 Å². The summed E-state index contributed by atoms with van der Waals surface area (Å²) in [5.41, 5.74) is 2.35. The van der Waals surface area contributed by atoms with Gasteiger partial charge in [0.1, 0.15) is 0 Å². The molecule has 1 aliphatic heterocycles. The number of amides is 1. The third kappa shape index (κ3) is 3.15. The van der Waals surface area contributed by atoms with Crippen LogP contribution in [0.5, 0.6) is 0 Å². The lowest BCUT2D eigenvalue weighted by Crippen LogP contribution is -2.28. The first-order valence-corrected chi connectivity index (χ1v) is 8.61. The van der Waals surface area contributed by atoms with Gasteiger partial charge >= 0.3 is 0 Å². The van der Waals surface area contributed by atoms with Gasteiger partial charge in [0.2, 0.25) is 0 Å². The lowest BCUT2D eigenvalue weighted by Gasteiger charge is -2.15. The summed E-state index contributed by atoms with van der Waals surface area (Å²) in [6, 6.07) is 17.5. The van der Waals surface area contributed by atoms with Crippen LogP contribution in [0.3, 0.4) is 0 Å². The molecule has 0 aliphatic carbocycles. The molecule has 1 atom stereocenters. The van der Waals surface area contributed by atoms with Gasteiger partial charge in [-0.1, -0.05) is 53.2 Å². The van der Waals surface area contributed by atoms with E-state index in [4.69, 9.17) is 11.6 Å². The molecule has 1 aliphatic rings. The van der Waals surface area contributed by atoms with Crippen LogP contribution in [0.1, 0.15) is 28.4 Å². The fourth-order valence-electron chi connectivity index (χ4n) is 3.24. The highest BCUT2D eigenvalue weighted by molar-refractivity contribution is 6.31. The predicted molar refractivity (Wildman–Crippen MR) is 96.1 cm³/mol. The first kappa shape index (κ1) is 15.8. The molecule has 1 aromatic heterocycles. The average Bonchev–Trinajstić information content (AvgIpc) is 3.32. The molecule has 4 rings (SSSR count). The number of para-hydroxylation sites is 1. The van der Waals surface area contributed by atoms with Crippen LogP contribution in [0.15, 0.2) is 60.8 Å². The normalized spacial score (nSPS) is 17.0. The largest absolute Gasteiger partial charge is 0.337 e. The van der Waals surface area contributed by atoms with Gasteiger partial charge in [-0.05, 0) is 30.2 Å². The van der Waals surface area contributed by atoms with E-state index in [9.17, 15) is 4.79 Å². The Bertz CT molecular complexity index is 893. The van der Waals surface area contributed by atoms with E-state index in [1.807, 2.05) is 59.5 Å². The predicted octanol–water partition coefficient (Wildman–Crippen LogP) is 3.55. The van der Waals surface area contributed by atoms with Crippen LogP contribution in [0.25, 0.3) is 5.69 Å². The zero-order valence-corrected chi connectivity index (χ0v) is 14.3. The maximum absolute atomic E-state index is 12.7. The minimum absolute atomic E-state index is 0.0864. The maximum Gasteiger partial charge on any atom is 0.276 e. The molecule has 5 nitrogen and oxygen atoms in total. The molecule has 126 valence electrons. The van der Waals surface area contributed by atoms with E-state index in [1.165, 1.54) is 0 Å². The Kier molecular flexibility index (Phi) is 4.24. The van der Waals surface area contributed by atoms with Crippen molar-refractivity contribution in [3.63, 3.8) is 0 Å².